The zero-order chi connectivity index (χ0) is 17.1. The molecule has 0 aliphatic carbocycles. The molecular formula is C17H29ClN4O2. The number of para-hydroxylation sites is 2. The van der Waals surface area contributed by atoms with Gasteiger partial charge in [0.25, 0.3) is 0 Å². The highest BCUT2D eigenvalue weighted by molar-refractivity contribution is 5.99. The lowest BCUT2D eigenvalue weighted by Gasteiger charge is -2.14. The van der Waals surface area contributed by atoms with Crippen molar-refractivity contribution >= 4 is 35.7 Å². The predicted molar refractivity (Wildman–Crippen MR) is 102 cm³/mol. The van der Waals surface area contributed by atoms with Crippen LogP contribution in [0.3, 0.4) is 0 Å². The summed E-state index contributed by atoms with van der Waals surface area (Å²) in [6.45, 7) is 4.47. The van der Waals surface area contributed by atoms with Crippen molar-refractivity contribution in [1.82, 2.24) is 5.32 Å². The van der Waals surface area contributed by atoms with Gasteiger partial charge in [0.1, 0.15) is 0 Å². The molecule has 0 saturated carbocycles. The molecule has 1 rings (SSSR count). The van der Waals surface area contributed by atoms with Gasteiger partial charge < -0.3 is 21.7 Å². The summed E-state index contributed by atoms with van der Waals surface area (Å²) in [4.78, 5) is 23.8. The Balaban J connectivity index is 0.00000529. The van der Waals surface area contributed by atoms with E-state index in [9.17, 15) is 9.59 Å². The molecule has 7 heteroatoms. The number of carbonyl (C=O) groups excluding carboxylic acids is 2. The van der Waals surface area contributed by atoms with E-state index in [2.05, 4.69) is 16.0 Å². The summed E-state index contributed by atoms with van der Waals surface area (Å²) in [7, 11) is 0. The smallest absolute Gasteiger partial charge is 0.319 e. The second kappa shape index (κ2) is 12.6. The van der Waals surface area contributed by atoms with E-state index in [4.69, 9.17) is 5.73 Å². The molecule has 136 valence electrons. The van der Waals surface area contributed by atoms with Crippen molar-refractivity contribution in [2.75, 3.05) is 17.2 Å². The molecule has 0 bridgehead atoms. The zero-order valence-electron chi connectivity index (χ0n) is 14.4. The van der Waals surface area contributed by atoms with Crippen LogP contribution in [0.4, 0.5) is 16.2 Å². The maximum Gasteiger partial charge on any atom is 0.319 e. The van der Waals surface area contributed by atoms with E-state index in [-0.39, 0.29) is 30.4 Å². The Morgan fingerprint density at radius 3 is 2.17 bits per heavy atom. The maximum absolute atomic E-state index is 12.0. The van der Waals surface area contributed by atoms with Gasteiger partial charge in [0, 0.05) is 12.5 Å². The minimum absolute atomic E-state index is 0. The predicted octanol–water partition coefficient (Wildman–Crippen LogP) is 3.49. The molecule has 0 unspecified atom stereocenters. The summed E-state index contributed by atoms with van der Waals surface area (Å²) in [5.74, 6) is -0.0451. The van der Waals surface area contributed by atoms with E-state index in [1.165, 1.54) is 0 Å². The van der Waals surface area contributed by atoms with Crippen LogP contribution in [-0.4, -0.2) is 24.5 Å². The van der Waals surface area contributed by atoms with Gasteiger partial charge in [-0.2, -0.15) is 0 Å². The molecule has 0 atom stereocenters. The molecule has 3 amide bonds. The van der Waals surface area contributed by atoms with Crippen LogP contribution in [0.25, 0.3) is 0 Å². The summed E-state index contributed by atoms with van der Waals surface area (Å²) >= 11 is 0. The topological polar surface area (TPSA) is 96.2 Å². The summed E-state index contributed by atoms with van der Waals surface area (Å²) in [6.07, 6.45) is 4.37. The molecule has 0 aliphatic rings. The Labute approximate surface area is 150 Å². The van der Waals surface area contributed by atoms with Gasteiger partial charge in [0.15, 0.2) is 0 Å². The average molecular weight is 357 g/mol. The molecule has 0 fully saturated rings. The first-order valence-corrected chi connectivity index (χ1v) is 8.19. The Morgan fingerprint density at radius 2 is 1.58 bits per heavy atom. The molecule has 5 N–H and O–H groups in total. The second-order valence-electron chi connectivity index (χ2n) is 5.80. The third-order valence-corrected chi connectivity index (χ3v) is 3.23. The summed E-state index contributed by atoms with van der Waals surface area (Å²) in [5.41, 5.74) is 6.64. The van der Waals surface area contributed by atoms with Crippen molar-refractivity contribution in [2.45, 2.75) is 52.0 Å². The van der Waals surface area contributed by atoms with Crippen molar-refractivity contribution < 1.29 is 9.59 Å². The largest absolute Gasteiger partial charge is 0.336 e. The van der Waals surface area contributed by atoms with Gasteiger partial charge >= 0.3 is 6.03 Å². The molecule has 0 heterocycles. The minimum Gasteiger partial charge on any atom is -0.336 e. The van der Waals surface area contributed by atoms with Gasteiger partial charge in [-0.15, -0.1) is 12.4 Å². The third kappa shape index (κ3) is 9.37. The third-order valence-electron chi connectivity index (χ3n) is 3.23. The van der Waals surface area contributed by atoms with E-state index < -0.39 is 0 Å². The number of rotatable bonds is 9. The number of hydrogen-bond acceptors (Lipinski definition) is 3. The molecular weight excluding hydrogens is 328 g/mol. The van der Waals surface area contributed by atoms with Crippen LogP contribution < -0.4 is 21.7 Å². The van der Waals surface area contributed by atoms with Crippen LogP contribution in [0.15, 0.2) is 24.3 Å². The van der Waals surface area contributed by atoms with E-state index in [1.807, 2.05) is 26.0 Å². The summed E-state index contributed by atoms with van der Waals surface area (Å²) in [5, 5.41) is 8.36. The lowest BCUT2D eigenvalue weighted by Crippen LogP contribution is -2.34. The lowest BCUT2D eigenvalue weighted by molar-refractivity contribution is -0.116. The number of urea groups is 1. The van der Waals surface area contributed by atoms with Crippen molar-refractivity contribution in [1.29, 1.82) is 0 Å². The maximum atomic E-state index is 12.0. The highest BCUT2D eigenvalue weighted by Gasteiger charge is 2.09. The Kier molecular flexibility index (Phi) is 11.7. The molecule has 1 aromatic carbocycles. The molecule has 24 heavy (non-hydrogen) atoms. The zero-order valence-corrected chi connectivity index (χ0v) is 15.2. The fraction of sp³-hybridized carbons (Fsp3) is 0.529. The second-order valence-corrected chi connectivity index (χ2v) is 5.80. The normalized spacial score (nSPS) is 10.0. The summed E-state index contributed by atoms with van der Waals surface area (Å²) in [6, 6.07) is 6.93. The fourth-order valence-electron chi connectivity index (χ4n) is 2.12. The molecule has 0 saturated heterocycles. The standard InChI is InChI=1S/C17H28N4O2.ClH/c1-13(2)19-17(23)21-15-10-7-6-9-14(15)20-16(22)11-5-3-4-8-12-18;/h6-7,9-10,13H,3-5,8,11-12,18H2,1-2H3,(H,20,22)(H2,19,21,23);1H. The van der Waals surface area contributed by atoms with Crippen LogP contribution in [0.5, 0.6) is 0 Å². The highest BCUT2D eigenvalue weighted by atomic mass is 35.5. The molecule has 1 aromatic rings. The number of benzene rings is 1. The van der Waals surface area contributed by atoms with E-state index in [0.29, 0.717) is 24.3 Å². The SMILES string of the molecule is CC(C)NC(=O)Nc1ccccc1NC(=O)CCCCCCN.Cl. The van der Waals surface area contributed by atoms with Gasteiger partial charge in [-0.3, -0.25) is 4.79 Å². The average Bonchev–Trinajstić information content (AvgIpc) is 2.48. The lowest BCUT2D eigenvalue weighted by atomic mass is 10.1. The first kappa shape index (κ1) is 22.2. The number of unbranched alkanes of at least 4 members (excludes halogenated alkanes) is 3. The van der Waals surface area contributed by atoms with Crippen molar-refractivity contribution in [3.63, 3.8) is 0 Å². The van der Waals surface area contributed by atoms with Gasteiger partial charge in [-0.05, 0) is 45.4 Å². The highest BCUT2D eigenvalue weighted by Crippen LogP contribution is 2.21. The van der Waals surface area contributed by atoms with Crippen LogP contribution in [0, 0.1) is 0 Å². The van der Waals surface area contributed by atoms with Gasteiger partial charge in [0.05, 0.1) is 11.4 Å². The first-order valence-electron chi connectivity index (χ1n) is 8.19. The molecule has 0 aromatic heterocycles. The van der Waals surface area contributed by atoms with Gasteiger partial charge in [-0.25, -0.2) is 4.79 Å². The number of nitrogens with one attached hydrogen (secondary N) is 3. The van der Waals surface area contributed by atoms with Crippen LogP contribution in [-0.2, 0) is 4.79 Å². The van der Waals surface area contributed by atoms with E-state index >= 15 is 0 Å². The Hall–Kier alpha value is -1.79. The monoisotopic (exact) mass is 356 g/mol. The quantitative estimate of drug-likeness (QED) is 0.510. The number of amides is 3. The number of nitrogens with two attached hydrogens (primary N) is 1. The van der Waals surface area contributed by atoms with Crippen LogP contribution >= 0.6 is 12.4 Å². The van der Waals surface area contributed by atoms with Gasteiger partial charge in [-0.1, -0.05) is 25.0 Å². The summed E-state index contributed by atoms with van der Waals surface area (Å²) < 4.78 is 0. The number of anilines is 2. The minimum atomic E-state index is -0.288. The first-order chi connectivity index (χ1) is 11.0. The molecule has 6 nitrogen and oxygen atoms in total. The van der Waals surface area contributed by atoms with Crippen molar-refractivity contribution in [2.24, 2.45) is 5.73 Å². The molecule has 0 spiro atoms. The van der Waals surface area contributed by atoms with Crippen molar-refractivity contribution in [3.8, 4) is 0 Å². The van der Waals surface area contributed by atoms with E-state index in [0.717, 1.165) is 25.7 Å². The number of hydrogen-bond donors (Lipinski definition) is 4. The Morgan fingerprint density at radius 1 is 1.00 bits per heavy atom. The van der Waals surface area contributed by atoms with E-state index in [1.54, 1.807) is 12.1 Å². The Bertz CT molecular complexity index is 509. The van der Waals surface area contributed by atoms with Crippen LogP contribution in [0.1, 0.15) is 46.0 Å². The molecule has 0 radical (unpaired) electrons. The van der Waals surface area contributed by atoms with Gasteiger partial charge in [0.2, 0.25) is 5.91 Å². The number of carbonyl (C=O) groups is 2. The fourth-order valence-corrected chi connectivity index (χ4v) is 2.12. The van der Waals surface area contributed by atoms with Crippen molar-refractivity contribution in [3.05, 3.63) is 24.3 Å². The molecule has 0 aliphatic heterocycles. The number of halogens is 1. The van der Waals surface area contributed by atoms with Crippen LogP contribution in [0.2, 0.25) is 0 Å².